The van der Waals surface area contributed by atoms with Crippen molar-refractivity contribution < 1.29 is 9.53 Å². The molecule has 1 atom stereocenters. The van der Waals surface area contributed by atoms with E-state index in [2.05, 4.69) is 36.7 Å². The van der Waals surface area contributed by atoms with Gasteiger partial charge in [0.25, 0.3) is 0 Å². The fourth-order valence-electron chi connectivity index (χ4n) is 3.46. The van der Waals surface area contributed by atoms with E-state index in [4.69, 9.17) is 0 Å². The Balaban J connectivity index is 1.55. The topological polar surface area (TPSA) is 61.8 Å². The molecule has 3 heterocycles. The molecule has 126 valence electrons. The molecule has 23 heavy (non-hydrogen) atoms. The van der Waals surface area contributed by atoms with Gasteiger partial charge in [0.15, 0.2) is 11.5 Å². The predicted octanol–water partition coefficient (Wildman–Crippen LogP) is 0.479. The maximum Gasteiger partial charge on any atom is 0.358 e. The minimum Gasteiger partial charge on any atom is -0.464 e. The summed E-state index contributed by atoms with van der Waals surface area (Å²) < 4.78 is 4.65. The maximum atomic E-state index is 11.4. The summed E-state index contributed by atoms with van der Waals surface area (Å²) in [5.74, 6) is 0.383. The van der Waals surface area contributed by atoms with Crippen LogP contribution in [0.5, 0.6) is 0 Å². The van der Waals surface area contributed by atoms with Gasteiger partial charge in [-0.15, -0.1) is 10.2 Å². The Morgan fingerprint density at radius 1 is 1.17 bits per heavy atom. The number of methoxy groups -OCH3 is 1. The highest BCUT2D eigenvalue weighted by Gasteiger charge is 2.27. The number of esters is 1. The van der Waals surface area contributed by atoms with Gasteiger partial charge in [0.1, 0.15) is 0 Å². The van der Waals surface area contributed by atoms with Crippen molar-refractivity contribution in [2.75, 3.05) is 58.3 Å². The number of piperazine rings is 1. The van der Waals surface area contributed by atoms with E-state index >= 15 is 0 Å². The molecule has 7 nitrogen and oxygen atoms in total. The standard InChI is InChI=1S/C16H25N5O2/c1-19-7-3-4-13(12-19)20-8-10-21(11-9-20)15-6-5-14(17-18-15)16(22)23-2/h5-6,13H,3-4,7-12H2,1-2H3. The van der Waals surface area contributed by atoms with Crippen LogP contribution in [0.3, 0.4) is 0 Å². The van der Waals surface area contributed by atoms with Crippen LogP contribution in [0, 0.1) is 0 Å². The Labute approximate surface area is 137 Å². The van der Waals surface area contributed by atoms with E-state index in [9.17, 15) is 4.79 Å². The summed E-state index contributed by atoms with van der Waals surface area (Å²) in [4.78, 5) is 18.7. The number of nitrogens with zero attached hydrogens (tertiary/aromatic N) is 5. The van der Waals surface area contributed by atoms with E-state index < -0.39 is 5.97 Å². The van der Waals surface area contributed by atoms with Crippen LogP contribution in [0.4, 0.5) is 5.82 Å². The highest BCUT2D eigenvalue weighted by atomic mass is 16.5. The van der Waals surface area contributed by atoms with Crippen molar-refractivity contribution in [1.82, 2.24) is 20.0 Å². The van der Waals surface area contributed by atoms with Crippen molar-refractivity contribution >= 4 is 11.8 Å². The second kappa shape index (κ2) is 7.23. The second-order valence-electron chi connectivity index (χ2n) is 6.35. The van der Waals surface area contributed by atoms with Gasteiger partial charge in [0, 0.05) is 38.8 Å². The van der Waals surface area contributed by atoms with Crippen molar-refractivity contribution in [1.29, 1.82) is 0 Å². The zero-order valence-corrected chi connectivity index (χ0v) is 13.9. The Morgan fingerprint density at radius 2 is 1.96 bits per heavy atom. The van der Waals surface area contributed by atoms with Crippen LogP contribution in [-0.4, -0.2) is 85.4 Å². The first-order chi connectivity index (χ1) is 11.2. The normalized spacial score (nSPS) is 23.7. The van der Waals surface area contributed by atoms with Gasteiger partial charge in [-0.05, 0) is 38.6 Å². The van der Waals surface area contributed by atoms with E-state index in [1.165, 1.54) is 33.0 Å². The fraction of sp³-hybridized carbons (Fsp3) is 0.688. The Bertz CT molecular complexity index is 528. The third-order valence-electron chi connectivity index (χ3n) is 4.80. The largest absolute Gasteiger partial charge is 0.464 e. The van der Waals surface area contributed by atoms with Crippen LogP contribution in [0.2, 0.25) is 0 Å². The number of carbonyl (C=O) groups excluding carboxylic acids is 1. The van der Waals surface area contributed by atoms with E-state index in [1.54, 1.807) is 6.07 Å². The van der Waals surface area contributed by atoms with Crippen LogP contribution < -0.4 is 4.90 Å². The summed E-state index contributed by atoms with van der Waals surface area (Å²) in [6.45, 7) is 6.41. The smallest absolute Gasteiger partial charge is 0.358 e. The lowest BCUT2D eigenvalue weighted by atomic mass is 10.0. The number of rotatable bonds is 3. The summed E-state index contributed by atoms with van der Waals surface area (Å²) in [5.41, 5.74) is 0.250. The summed E-state index contributed by atoms with van der Waals surface area (Å²) in [7, 11) is 3.56. The second-order valence-corrected chi connectivity index (χ2v) is 6.35. The number of hydrogen-bond acceptors (Lipinski definition) is 7. The molecule has 2 aliphatic heterocycles. The first-order valence-corrected chi connectivity index (χ1v) is 8.27. The number of hydrogen-bond donors (Lipinski definition) is 0. The summed E-state index contributed by atoms with van der Waals surface area (Å²) in [5, 5.41) is 8.13. The lowest BCUT2D eigenvalue weighted by molar-refractivity contribution is 0.0592. The summed E-state index contributed by atoms with van der Waals surface area (Å²) in [6, 6.07) is 4.21. The lowest BCUT2D eigenvalue weighted by Gasteiger charge is -2.42. The van der Waals surface area contributed by atoms with Gasteiger partial charge in [0.05, 0.1) is 7.11 Å². The van der Waals surface area contributed by atoms with Crippen molar-refractivity contribution in [3.8, 4) is 0 Å². The number of ether oxygens (including phenoxy) is 1. The van der Waals surface area contributed by atoms with Crippen LogP contribution in [0.15, 0.2) is 12.1 Å². The highest BCUT2D eigenvalue weighted by Crippen LogP contribution is 2.19. The molecule has 0 radical (unpaired) electrons. The summed E-state index contributed by atoms with van der Waals surface area (Å²) >= 11 is 0. The molecule has 1 aromatic rings. The monoisotopic (exact) mass is 319 g/mol. The molecule has 2 aliphatic rings. The Morgan fingerprint density at radius 3 is 2.57 bits per heavy atom. The average molecular weight is 319 g/mol. The number of piperidine rings is 1. The number of carbonyl (C=O) groups is 1. The number of aromatic nitrogens is 2. The molecule has 0 bridgehead atoms. The van der Waals surface area contributed by atoms with Crippen LogP contribution in [-0.2, 0) is 4.74 Å². The van der Waals surface area contributed by atoms with Gasteiger partial charge >= 0.3 is 5.97 Å². The minimum absolute atomic E-state index is 0.250. The van der Waals surface area contributed by atoms with Gasteiger partial charge in [-0.3, -0.25) is 4.90 Å². The fourth-order valence-corrected chi connectivity index (χ4v) is 3.46. The molecule has 0 amide bonds. The molecule has 0 N–H and O–H groups in total. The van der Waals surface area contributed by atoms with Gasteiger partial charge in [-0.2, -0.15) is 0 Å². The quantitative estimate of drug-likeness (QED) is 0.751. The predicted molar refractivity (Wildman–Crippen MR) is 87.7 cm³/mol. The van der Waals surface area contributed by atoms with Crippen molar-refractivity contribution in [2.45, 2.75) is 18.9 Å². The molecule has 7 heteroatoms. The lowest BCUT2D eigenvalue weighted by Crippen LogP contribution is -2.54. The molecule has 0 aromatic carbocycles. The van der Waals surface area contributed by atoms with E-state index in [1.807, 2.05) is 6.07 Å². The van der Waals surface area contributed by atoms with Crippen LogP contribution in [0.25, 0.3) is 0 Å². The third kappa shape index (κ3) is 3.79. The van der Waals surface area contributed by atoms with Crippen LogP contribution >= 0.6 is 0 Å². The molecular weight excluding hydrogens is 294 g/mol. The van der Waals surface area contributed by atoms with Gasteiger partial charge in [-0.25, -0.2) is 4.79 Å². The first-order valence-electron chi connectivity index (χ1n) is 8.27. The number of likely N-dealkylation sites (N-methyl/N-ethyl adjacent to an activating group) is 1. The third-order valence-corrected chi connectivity index (χ3v) is 4.80. The zero-order valence-electron chi connectivity index (χ0n) is 13.9. The van der Waals surface area contributed by atoms with E-state index in [-0.39, 0.29) is 5.69 Å². The SMILES string of the molecule is COC(=O)c1ccc(N2CCN(C3CCCN(C)C3)CC2)nn1. The molecule has 2 saturated heterocycles. The number of anilines is 1. The van der Waals surface area contributed by atoms with E-state index in [0.717, 1.165) is 32.0 Å². The average Bonchev–Trinajstić information content (AvgIpc) is 2.61. The molecule has 3 rings (SSSR count). The van der Waals surface area contributed by atoms with Crippen molar-refractivity contribution in [3.05, 3.63) is 17.8 Å². The number of likely N-dealkylation sites (tertiary alicyclic amines) is 1. The minimum atomic E-state index is -0.449. The molecular formula is C16H25N5O2. The van der Waals surface area contributed by atoms with Gasteiger partial charge < -0.3 is 14.5 Å². The highest BCUT2D eigenvalue weighted by molar-refractivity contribution is 5.86. The molecule has 0 aliphatic carbocycles. The Hall–Kier alpha value is -1.73. The molecule has 2 fully saturated rings. The zero-order chi connectivity index (χ0) is 16.2. The van der Waals surface area contributed by atoms with Gasteiger partial charge in [0.2, 0.25) is 0 Å². The molecule has 0 saturated carbocycles. The summed E-state index contributed by atoms with van der Waals surface area (Å²) in [6.07, 6.45) is 2.60. The van der Waals surface area contributed by atoms with Crippen molar-refractivity contribution in [3.63, 3.8) is 0 Å². The van der Waals surface area contributed by atoms with E-state index in [0.29, 0.717) is 6.04 Å². The molecule has 1 aromatic heterocycles. The van der Waals surface area contributed by atoms with Gasteiger partial charge in [-0.1, -0.05) is 0 Å². The van der Waals surface area contributed by atoms with Crippen molar-refractivity contribution in [2.24, 2.45) is 0 Å². The molecule has 1 unspecified atom stereocenters. The molecule has 0 spiro atoms. The van der Waals surface area contributed by atoms with Crippen LogP contribution in [0.1, 0.15) is 23.3 Å². The Kier molecular flexibility index (Phi) is 5.07. The first kappa shape index (κ1) is 16.1. The maximum absolute atomic E-state index is 11.4.